The van der Waals surface area contributed by atoms with E-state index in [0.29, 0.717) is 19.4 Å². The van der Waals surface area contributed by atoms with Gasteiger partial charge < -0.3 is 15.2 Å². The molecule has 0 aromatic rings. The van der Waals surface area contributed by atoms with E-state index in [0.717, 1.165) is 38.5 Å². The largest absolute Gasteiger partial charge is 0.481 e. The Bertz CT molecular complexity index is 693. The number of sulfonamides is 1. The number of amides is 1. The van der Waals surface area contributed by atoms with Gasteiger partial charge in [-0.3, -0.25) is 9.59 Å². The number of hydrogen-bond acceptors (Lipinski definition) is 5. The summed E-state index contributed by atoms with van der Waals surface area (Å²) in [6, 6.07) is 0. The van der Waals surface area contributed by atoms with Crippen molar-refractivity contribution in [3.63, 3.8) is 0 Å². The Labute approximate surface area is 173 Å². The summed E-state index contributed by atoms with van der Waals surface area (Å²) in [7, 11) is -3.39. The third kappa shape index (κ3) is 8.06. The van der Waals surface area contributed by atoms with Gasteiger partial charge in [-0.05, 0) is 44.9 Å². The van der Waals surface area contributed by atoms with E-state index < -0.39 is 16.0 Å². The zero-order chi connectivity index (χ0) is 21.3. The fourth-order valence-electron chi connectivity index (χ4n) is 4.05. The van der Waals surface area contributed by atoms with Crippen molar-refractivity contribution in [1.82, 2.24) is 10.0 Å². The number of fused-ring (bicyclic) bond motifs is 2. The fourth-order valence-corrected chi connectivity index (χ4v) is 5.21. The van der Waals surface area contributed by atoms with Gasteiger partial charge >= 0.3 is 5.97 Å². The van der Waals surface area contributed by atoms with Crippen LogP contribution >= 0.6 is 0 Å². The second kappa shape index (κ2) is 11.1. The van der Waals surface area contributed by atoms with Gasteiger partial charge in [0.1, 0.15) is 0 Å². The van der Waals surface area contributed by atoms with Crippen molar-refractivity contribution in [1.29, 1.82) is 0 Å². The predicted octanol–water partition coefficient (Wildman–Crippen LogP) is 1.96. The Kier molecular flexibility index (Phi) is 9.10. The van der Waals surface area contributed by atoms with Gasteiger partial charge in [-0.15, -0.1) is 0 Å². The van der Waals surface area contributed by atoms with E-state index in [2.05, 4.69) is 16.1 Å². The highest BCUT2D eigenvalue weighted by Gasteiger charge is 2.50. The Balaban J connectivity index is 1.68. The molecular formula is C20H34N2O6S. The molecule has 0 aromatic carbocycles. The number of rotatable bonds is 14. The molecule has 0 spiro atoms. The van der Waals surface area contributed by atoms with Crippen LogP contribution in [-0.4, -0.2) is 55.9 Å². The summed E-state index contributed by atoms with van der Waals surface area (Å²) in [5.41, 5.74) is -0.175. The van der Waals surface area contributed by atoms with Gasteiger partial charge in [0, 0.05) is 18.9 Å². The lowest BCUT2D eigenvalue weighted by Gasteiger charge is -2.25. The number of hydrogen-bond donors (Lipinski definition) is 3. The van der Waals surface area contributed by atoms with Gasteiger partial charge in [-0.2, -0.15) is 0 Å². The van der Waals surface area contributed by atoms with Crippen LogP contribution in [0, 0.1) is 5.92 Å². The number of carboxylic acid groups (broad SMARTS) is 1. The Morgan fingerprint density at radius 1 is 1.28 bits per heavy atom. The normalized spacial score (nSPS) is 26.2. The lowest BCUT2D eigenvalue weighted by molar-refractivity contribution is -0.137. The van der Waals surface area contributed by atoms with Crippen LogP contribution in [0.5, 0.6) is 0 Å². The molecule has 0 unspecified atom stereocenters. The monoisotopic (exact) mass is 430 g/mol. The van der Waals surface area contributed by atoms with Gasteiger partial charge in [0.25, 0.3) is 0 Å². The summed E-state index contributed by atoms with van der Waals surface area (Å²) in [5.74, 6) is -0.805. The van der Waals surface area contributed by atoms with Gasteiger partial charge in [0.05, 0.1) is 24.0 Å². The summed E-state index contributed by atoms with van der Waals surface area (Å²) in [6.07, 6.45) is 10.8. The van der Waals surface area contributed by atoms with Crippen LogP contribution in [0.15, 0.2) is 12.2 Å². The number of ether oxygens (including phenoxy) is 1. The number of allylic oxidation sites excluding steroid dienone is 1. The molecule has 0 aromatic heterocycles. The molecule has 2 saturated heterocycles. The Hall–Kier alpha value is -1.45. The molecule has 2 rings (SSSR count). The standard InChI is InChI=1S/C20H34N2O6S/c1-2-3-12-29(26,27)22-15-18(23)21-14-16-13-20(11-9-17(16)28-20)10-7-5-4-6-8-19(24)25/h5,7,16-17,22H,2-4,6,8-15H2,1H3,(H,21,23)(H,24,25)/t16-,17+,20-/m0/s1. The van der Waals surface area contributed by atoms with E-state index >= 15 is 0 Å². The van der Waals surface area contributed by atoms with Gasteiger partial charge in [0.2, 0.25) is 15.9 Å². The zero-order valence-corrected chi connectivity index (χ0v) is 18.0. The predicted molar refractivity (Wildman–Crippen MR) is 110 cm³/mol. The van der Waals surface area contributed by atoms with Crippen molar-refractivity contribution in [2.24, 2.45) is 5.92 Å². The Morgan fingerprint density at radius 2 is 2.07 bits per heavy atom. The highest BCUT2D eigenvalue weighted by atomic mass is 32.2. The first kappa shape index (κ1) is 23.8. The van der Waals surface area contributed by atoms with Crippen LogP contribution in [-0.2, 0) is 24.3 Å². The second-order valence-corrected chi connectivity index (χ2v) is 10.0. The number of unbranched alkanes of at least 4 members (excludes halogenated alkanes) is 2. The molecule has 2 fully saturated rings. The number of nitrogens with one attached hydrogen (secondary N) is 2. The SMILES string of the molecule is CCCCS(=O)(=O)NCC(=O)NC[C@@H]1C[C@]2(CC=CCCCC(=O)O)CC[C@H]1O2. The van der Waals surface area contributed by atoms with E-state index in [9.17, 15) is 18.0 Å². The minimum absolute atomic E-state index is 0.0433. The van der Waals surface area contributed by atoms with Crippen molar-refractivity contribution in [2.75, 3.05) is 18.8 Å². The van der Waals surface area contributed by atoms with E-state index in [4.69, 9.17) is 9.84 Å². The van der Waals surface area contributed by atoms with Crippen molar-refractivity contribution in [3.8, 4) is 0 Å². The maximum Gasteiger partial charge on any atom is 0.303 e. The first-order valence-corrected chi connectivity index (χ1v) is 12.2. The minimum atomic E-state index is -3.39. The maximum atomic E-state index is 12.0. The van der Waals surface area contributed by atoms with E-state index in [1.807, 2.05) is 13.0 Å². The molecule has 166 valence electrons. The first-order chi connectivity index (χ1) is 13.8. The van der Waals surface area contributed by atoms with Gasteiger partial charge in [0.15, 0.2) is 0 Å². The molecule has 2 aliphatic rings. The highest BCUT2D eigenvalue weighted by molar-refractivity contribution is 7.89. The Morgan fingerprint density at radius 3 is 2.79 bits per heavy atom. The third-order valence-electron chi connectivity index (χ3n) is 5.64. The molecule has 3 N–H and O–H groups in total. The maximum absolute atomic E-state index is 12.0. The molecule has 29 heavy (non-hydrogen) atoms. The lowest BCUT2D eigenvalue weighted by Crippen LogP contribution is -2.41. The minimum Gasteiger partial charge on any atom is -0.481 e. The molecule has 2 bridgehead atoms. The summed E-state index contributed by atoms with van der Waals surface area (Å²) in [4.78, 5) is 22.5. The number of carbonyl (C=O) groups excluding carboxylic acids is 1. The third-order valence-corrected chi connectivity index (χ3v) is 7.05. The van der Waals surface area contributed by atoms with Crippen LogP contribution < -0.4 is 10.0 Å². The smallest absolute Gasteiger partial charge is 0.303 e. The van der Waals surface area contributed by atoms with Crippen molar-refractivity contribution < 1.29 is 27.9 Å². The van der Waals surface area contributed by atoms with E-state index in [1.54, 1.807) is 0 Å². The molecule has 2 heterocycles. The summed E-state index contributed by atoms with van der Waals surface area (Å²) in [5, 5.41) is 11.5. The number of carboxylic acids is 1. The van der Waals surface area contributed by atoms with E-state index in [1.165, 1.54) is 0 Å². The molecule has 0 aliphatic carbocycles. The average Bonchev–Trinajstić information content (AvgIpc) is 3.24. The fraction of sp³-hybridized carbons (Fsp3) is 0.800. The average molecular weight is 431 g/mol. The van der Waals surface area contributed by atoms with Gasteiger partial charge in [-0.1, -0.05) is 25.5 Å². The summed E-state index contributed by atoms with van der Waals surface area (Å²) >= 11 is 0. The van der Waals surface area contributed by atoms with Crippen molar-refractivity contribution in [2.45, 2.75) is 76.4 Å². The van der Waals surface area contributed by atoms with Crippen LogP contribution in [0.4, 0.5) is 0 Å². The summed E-state index contributed by atoms with van der Waals surface area (Å²) < 4.78 is 32.1. The van der Waals surface area contributed by atoms with Crippen molar-refractivity contribution in [3.05, 3.63) is 12.2 Å². The molecule has 2 aliphatic heterocycles. The molecule has 0 saturated carbocycles. The second-order valence-electron chi connectivity index (χ2n) is 8.10. The molecule has 1 amide bonds. The van der Waals surface area contributed by atoms with Crippen LogP contribution in [0.1, 0.15) is 64.7 Å². The van der Waals surface area contributed by atoms with Gasteiger partial charge in [-0.25, -0.2) is 13.1 Å². The number of aliphatic carboxylic acids is 1. The lowest BCUT2D eigenvalue weighted by atomic mass is 9.79. The zero-order valence-electron chi connectivity index (χ0n) is 17.2. The molecule has 8 nitrogen and oxygen atoms in total. The highest BCUT2D eigenvalue weighted by Crippen LogP contribution is 2.48. The molecule has 3 atom stereocenters. The quantitative estimate of drug-likeness (QED) is 0.286. The van der Waals surface area contributed by atoms with Crippen molar-refractivity contribution >= 4 is 21.9 Å². The van der Waals surface area contributed by atoms with Crippen LogP contribution in [0.2, 0.25) is 0 Å². The topological polar surface area (TPSA) is 122 Å². The summed E-state index contributed by atoms with van der Waals surface area (Å²) in [6.45, 7) is 2.18. The van der Waals surface area contributed by atoms with Crippen LogP contribution in [0.25, 0.3) is 0 Å². The molecule has 9 heteroatoms. The molecule has 0 radical (unpaired) electrons. The number of carbonyl (C=O) groups is 2. The molecular weight excluding hydrogens is 396 g/mol. The first-order valence-electron chi connectivity index (χ1n) is 10.5. The van der Waals surface area contributed by atoms with E-state index in [-0.39, 0.29) is 42.2 Å². The van der Waals surface area contributed by atoms with Crippen LogP contribution in [0.3, 0.4) is 0 Å².